The van der Waals surface area contributed by atoms with Crippen molar-refractivity contribution in [3.8, 4) is 5.75 Å². The minimum atomic E-state index is -0.564. The van der Waals surface area contributed by atoms with Crippen molar-refractivity contribution in [3.63, 3.8) is 0 Å². The van der Waals surface area contributed by atoms with E-state index in [0.717, 1.165) is 12.0 Å². The van der Waals surface area contributed by atoms with Gasteiger partial charge in [0.25, 0.3) is 5.91 Å². The van der Waals surface area contributed by atoms with Crippen molar-refractivity contribution in [2.24, 2.45) is 0 Å². The summed E-state index contributed by atoms with van der Waals surface area (Å²) in [5.74, 6) is 0.466. The molecule has 0 aliphatic carbocycles. The zero-order valence-corrected chi connectivity index (χ0v) is 13.7. The number of carbonyl (C=O) groups excluding carboxylic acids is 1. The fourth-order valence-corrected chi connectivity index (χ4v) is 2.15. The van der Waals surface area contributed by atoms with Crippen molar-refractivity contribution in [3.05, 3.63) is 64.1 Å². The Kier molecular flexibility index (Phi) is 6.10. The predicted molar refractivity (Wildman–Crippen MR) is 89.7 cm³/mol. The average molecular weight is 338 g/mol. The molecular weight excluding hydrogens is 321 g/mol. The number of amides is 1. The Morgan fingerprint density at radius 1 is 1.05 bits per heavy atom. The largest absolute Gasteiger partial charge is 0.481 e. The van der Waals surface area contributed by atoms with E-state index in [1.54, 1.807) is 31.2 Å². The normalized spacial score (nSPS) is 11.8. The number of carbonyl (C=O) groups is 1. The molecule has 2 aromatic carbocycles. The first-order valence-electron chi connectivity index (χ1n) is 6.99. The Labute approximate surface area is 140 Å². The molecule has 116 valence electrons. The van der Waals surface area contributed by atoms with Gasteiger partial charge in [-0.25, -0.2) is 0 Å². The number of benzene rings is 2. The SMILES string of the molecule is C[C@@H](Oc1ccc(Cl)cc1)C(=O)NCCc1ccc(Cl)cc1. The van der Waals surface area contributed by atoms with Gasteiger partial charge in [0.1, 0.15) is 5.75 Å². The second kappa shape index (κ2) is 8.06. The summed E-state index contributed by atoms with van der Waals surface area (Å²) in [7, 11) is 0. The molecule has 5 heteroatoms. The molecule has 2 aromatic rings. The van der Waals surface area contributed by atoms with Crippen LogP contribution in [0.5, 0.6) is 5.75 Å². The number of halogens is 2. The van der Waals surface area contributed by atoms with Gasteiger partial charge in [-0.3, -0.25) is 4.79 Å². The Balaban J connectivity index is 1.76. The summed E-state index contributed by atoms with van der Waals surface area (Å²) in [6, 6.07) is 14.5. The molecule has 3 nitrogen and oxygen atoms in total. The first-order chi connectivity index (χ1) is 10.5. The van der Waals surface area contributed by atoms with Gasteiger partial charge in [0.05, 0.1) is 0 Å². The Hall–Kier alpha value is -1.71. The van der Waals surface area contributed by atoms with Crippen LogP contribution in [0.25, 0.3) is 0 Å². The van der Waals surface area contributed by atoms with E-state index in [0.29, 0.717) is 22.3 Å². The minimum Gasteiger partial charge on any atom is -0.481 e. The summed E-state index contributed by atoms with van der Waals surface area (Å²) in [6.45, 7) is 2.26. The van der Waals surface area contributed by atoms with Crippen LogP contribution in [0.3, 0.4) is 0 Å². The van der Waals surface area contributed by atoms with E-state index in [1.807, 2.05) is 24.3 Å². The van der Waals surface area contributed by atoms with Crippen LogP contribution in [0.2, 0.25) is 10.0 Å². The molecule has 0 unspecified atom stereocenters. The molecular formula is C17H17Cl2NO2. The van der Waals surface area contributed by atoms with Crippen molar-refractivity contribution in [2.75, 3.05) is 6.54 Å². The molecule has 0 aromatic heterocycles. The van der Waals surface area contributed by atoms with Gasteiger partial charge in [0.2, 0.25) is 0 Å². The number of hydrogen-bond acceptors (Lipinski definition) is 2. The number of ether oxygens (including phenoxy) is 1. The Morgan fingerprint density at radius 2 is 1.59 bits per heavy atom. The lowest BCUT2D eigenvalue weighted by atomic mass is 10.1. The van der Waals surface area contributed by atoms with Crippen LogP contribution in [0.1, 0.15) is 12.5 Å². The fraction of sp³-hybridized carbons (Fsp3) is 0.235. The summed E-state index contributed by atoms with van der Waals surface area (Å²) in [6.07, 6.45) is 0.183. The third-order valence-electron chi connectivity index (χ3n) is 3.12. The second-order valence-electron chi connectivity index (χ2n) is 4.88. The molecule has 2 rings (SSSR count). The lowest BCUT2D eigenvalue weighted by Gasteiger charge is -2.14. The number of rotatable bonds is 6. The summed E-state index contributed by atoms with van der Waals surface area (Å²) in [4.78, 5) is 12.0. The summed E-state index contributed by atoms with van der Waals surface area (Å²) < 4.78 is 5.56. The third-order valence-corrected chi connectivity index (χ3v) is 3.63. The lowest BCUT2D eigenvalue weighted by Crippen LogP contribution is -2.37. The zero-order chi connectivity index (χ0) is 15.9. The number of hydrogen-bond donors (Lipinski definition) is 1. The maximum absolute atomic E-state index is 12.0. The fourth-order valence-electron chi connectivity index (χ4n) is 1.90. The monoisotopic (exact) mass is 337 g/mol. The summed E-state index contributed by atoms with van der Waals surface area (Å²) >= 11 is 11.6. The standard InChI is InChI=1S/C17H17Cl2NO2/c1-12(22-16-8-6-15(19)7-9-16)17(21)20-11-10-13-2-4-14(18)5-3-13/h2-9,12H,10-11H2,1H3,(H,20,21)/t12-/m1/s1. The molecule has 0 aliphatic heterocycles. The Morgan fingerprint density at radius 3 is 2.18 bits per heavy atom. The molecule has 0 heterocycles. The molecule has 0 bridgehead atoms. The highest BCUT2D eigenvalue weighted by Gasteiger charge is 2.13. The van der Waals surface area contributed by atoms with Gasteiger partial charge in [-0.15, -0.1) is 0 Å². The van der Waals surface area contributed by atoms with Crippen LogP contribution >= 0.6 is 23.2 Å². The topological polar surface area (TPSA) is 38.3 Å². The van der Waals surface area contributed by atoms with E-state index < -0.39 is 6.10 Å². The first-order valence-corrected chi connectivity index (χ1v) is 7.74. The molecule has 1 N–H and O–H groups in total. The van der Waals surface area contributed by atoms with Crippen molar-refractivity contribution in [1.82, 2.24) is 5.32 Å². The van der Waals surface area contributed by atoms with E-state index in [2.05, 4.69) is 5.32 Å². The van der Waals surface area contributed by atoms with Crippen molar-refractivity contribution >= 4 is 29.1 Å². The van der Waals surface area contributed by atoms with Gasteiger partial charge in [-0.05, 0) is 55.3 Å². The van der Waals surface area contributed by atoms with Gasteiger partial charge in [-0.1, -0.05) is 35.3 Å². The zero-order valence-electron chi connectivity index (χ0n) is 12.2. The van der Waals surface area contributed by atoms with E-state index in [9.17, 15) is 4.79 Å². The quantitative estimate of drug-likeness (QED) is 0.860. The molecule has 0 fully saturated rings. The molecule has 1 atom stereocenters. The molecule has 0 saturated carbocycles. The van der Waals surface area contributed by atoms with E-state index in [1.165, 1.54) is 0 Å². The van der Waals surface area contributed by atoms with E-state index in [4.69, 9.17) is 27.9 Å². The van der Waals surface area contributed by atoms with Crippen molar-refractivity contribution in [1.29, 1.82) is 0 Å². The van der Waals surface area contributed by atoms with Gasteiger partial charge >= 0.3 is 0 Å². The lowest BCUT2D eigenvalue weighted by molar-refractivity contribution is -0.127. The molecule has 0 radical (unpaired) electrons. The third kappa shape index (κ3) is 5.24. The second-order valence-corrected chi connectivity index (χ2v) is 5.75. The molecule has 0 aliphatic rings. The van der Waals surface area contributed by atoms with Gasteiger partial charge in [-0.2, -0.15) is 0 Å². The average Bonchev–Trinajstić information content (AvgIpc) is 2.51. The Bertz CT molecular complexity index is 612. The van der Waals surface area contributed by atoms with Crippen LogP contribution < -0.4 is 10.1 Å². The minimum absolute atomic E-state index is 0.149. The highest BCUT2D eigenvalue weighted by molar-refractivity contribution is 6.30. The van der Waals surface area contributed by atoms with E-state index >= 15 is 0 Å². The maximum Gasteiger partial charge on any atom is 0.260 e. The van der Waals surface area contributed by atoms with Gasteiger partial charge in [0.15, 0.2) is 6.10 Å². The van der Waals surface area contributed by atoms with Crippen LogP contribution in [-0.2, 0) is 11.2 Å². The van der Waals surface area contributed by atoms with Gasteiger partial charge in [0, 0.05) is 16.6 Å². The van der Waals surface area contributed by atoms with Gasteiger partial charge < -0.3 is 10.1 Å². The molecule has 1 amide bonds. The first kappa shape index (κ1) is 16.7. The maximum atomic E-state index is 12.0. The van der Waals surface area contributed by atoms with Crippen molar-refractivity contribution in [2.45, 2.75) is 19.4 Å². The highest BCUT2D eigenvalue weighted by Crippen LogP contribution is 2.16. The van der Waals surface area contributed by atoms with Crippen LogP contribution in [0.4, 0.5) is 0 Å². The summed E-state index contributed by atoms with van der Waals surface area (Å²) in [5.41, 5.74) is 1.12. The van der Waals surface area contributed by atoms with Crippen LogP contribution in [-0.4, -0.2) is 18.6 Å². The molecule has 0 saturated heterocycles. The predicted octanol–water partition coefficient (Wildman–Crippen LogP) is 4.12. The van der Waals surface area contributed by atoms with Crippen LogP contribution in [0.15, 0.2) is 48.5 Å². The molecule has 0 spiro atoms. The number of nitrogens with one attached hydrogen (secondary N) is 1. The van der Waals surface area contributed by atoms with Crippen LogP contribution in [0, 0.1) is 0 Å². The summed E-state index contributed by atoms with van der Waals surface area (Å²) in [5, 5.41) is 4.19. The van der Waals surface area contributed by atoms with E-state index in [-0.39, 0.29) is 5.91 Å². The van der Waals surface area contributed by atoms with Crippen molar-refractivity contribution < 1.29 is 9.53 Å². The highest BCUT2D eigenvalue weighted by atomic mass is 35.5. The smallest absolute Gasteiger partial charge is 0.260 e. The molecule has 22 heavy (non-hydrogen) atoms.